The van der Waals surface area contributed by atoms with Crippen LogP contribution in [0.15, 0.2) is 41.1 Å². The maximum absolute atomic E-state index is 12.3. The molecule has 1 aromatic carbocycles. The van der Waals surface area contributed by atoms with Crippen molar-refractivity contribution in [1.29, 1.82) is 0 Å². The molecule has 2 N–H and O–H groups in total. The van der Waals surface area contributed by atoms with E-state index in [-0.39, 0.29) is 30.2 Å². The van der Waals surface area contributed by atoms with Crippen molar-refractivity contribution in [3.8, 4) is 0 Å². The van der Waals surface area contributed by atoms with Crippen LogP contribution in [0.4, 0.5) is 0 Å². The largest absolute Gasteiger partial charge is 0.351 e. The molecule has 0 aliphatic rings. The molecule has 0 spiro atoms. The van der Waals surface area contributed by atoms with Gasteiger partial charge in [-0.25, -0.2) is 0 Å². The smallest absolute Gasteiger partial charge is 0.252 e. The Kier molecular flexibility index (Phi) is 7.85. The van der Waals surface area contributed by atoms with Gasteiger partial charge in [-0.2, -0.15) is 11.3 Å². The minimum atomic E-state index is -0.133. The first kappa shape index (κ1) is 20.2. The molecule has 140 valence electrons. The van der Waals surface area contributed by atoms with Gasteiger partial charge < -0.3 is 10.6 Å². The lowest BCUT2D eigenvalue weighted by molar-refractivity contribution is -0.122. The number of benzene rings is 1. The molecule has 2 amide bonds. The topological polar surface area (TPSA) is 58.2 Å². The van der Waals surface area contributed by atoms with Crippen LogP contribution in [0, 0.1) is 5.92 Å². The van der Waals surface area contributed by atoms with Gasteiger partial charge in [-0.05, 0) is 34.9 Å². The molecule has 0 saturated heterocycles. The van der Waals surface area contributed by atoms with Crippen molar-refractivity contribution in [2.24, 2.45) is 5.92 Å². The van der Waals surface area contributed by atoms with Gasteiger partial charge in [0.2, 0.25) is 5.91 Å². The van der Waals surface area contributed by atoms with Crippen LogP contribution in [0.25, 0.3) is 0 Å². The van der Waals surface area contributed by atoms with E-state index in [2.05, 4.69) is 55.7 Å². The maximum Gasteiger partial charge on any atom is 0.252 e. The zero-order valence-corrected chi connectivity index (χ0v) is 16.6. The van der Waals surface area contributed by atoms with E-state index in [1.54, 1.807) is 11.4 Å². The van der Waals surface area contributed by atoms with Gasteiger partial charge in [0.15, 0.2) is 0 Å². The number of rotatable bonds is 9. The van der Waals surface area contributed by atoms with E-state index in [9.17, 15) is 9.59 Å². The minimum Gasteiger partial charge on any atom is -0.351 e. The molecule has 0 radical (unpaired) electrons. The van der Waals surface area contributed by atoms with Crippen LogP contribution in [0.1, 0.15) is 61.1 Å². The fourth-order valence-electron chi connectivity index (χ4n) is 2.85. The number of nitrogens with one attached hydrogen (secondary N) is 2. The van der Waals surface area contributed by atoms with Crippen molar-refractivity contribution in [1.82, 2.24) is 10.6 Å². The van der Waals surface area contributed by atoms with Crippen LogP contribution in [0.3, 0.4) is 0 Å². The highest BCUT2D eigenvalue weighted by Gasteiger charge is 2.18. The molecule has 0 aliphatic carbocycles. The molecule has 1 aromatic heterocycles. The number of aryl methyl sites for hydroxylation is 1. The minimum absolute atomic E-state index is 0.0225. The van der Waals surface area contributed by atoms with Crippen LogP contribution in [0.2, 0.25) is 0 Å². The molecule has 2 aromatic rings. The summed E-state index contributed by atoms with van der Waals surface area (Å²) in [4.78, 5) is 24.2. The monoisotopic (exact) mass is 372 g/mol. The molecule has 4 nitrogen and oxygen atoms in total. The lowest BCUT2D eigenvalue weighted by Gasteiger charge is -2.23. The fraction of sp³-hybridized carbons (Fsp3) is 0.429. The maximum atomic E-state index is 12.3. The van der Waals surface area contributed by atoms with Crippen LogP contribution in [-0.2, 0) is 11.2 Å². The molecule has 1 unspecified atom stereocenters. The second-order valence-corrected chi connectivity index (χ2v) is 7.58. The number of hydrogen-bond donors (Lipinski definition) is 2. The zero-order chi connectivity index (χ0) is 18.9. The molecule has 0 saturated carbocycles. The van der Waals surface area contributed by atoms with Gasteiger partial charge in [-0.15, -0.1) is 0 Å². The quantitative estimate of drug-likeness (QED) is 0.688. The normalized spacial score (nSPS) is 12.0. The van der Waals surface area contributed by atoms with Crippen molar-refractivity contribution in [2.75, 3.05) is 6.54 Å². The highest BCUT2D eigenvalue weighted by Crippen LogP contribution is 2.22. The van der Waals surface area contributed by atoms with Gasteiger partial charge in [-0.1, -0.05) is 51.5 Å². The Morgan fingerprint density at radius 1 is 1.12 bits per heavy atom. The SMILES string of the molecule is CCCc1ccc(C(NC(=O)CCNC(=O)c2ccsc2)C(C)C)cc1. The number of carbonyl (C=O) groups is 2. The number of carbonyl (C=O) groups excluding carboxylic acids is 2. The third kappa shape index (κ3) is 5.99. The number of amides is 2. The van der Waals surface area contributed by atoms with E-state index in [1.165, 1.54) is 16.9 Å². The first-order valence-corrected chi connectivity index (χ1v) is 10.1. The average molecular weight is 373 g/mol. The van der Waals surface area contributed by atoms with Gasteiger partial charge in [0, 0.05) is 23.9 Å². The molecule has 26 heavy (non-hydrogen) atoms. The molecular formula is C21H28N2O2S. The van der Waals surface area contributed by atoms with E-state index in [0.717, 1.165) is 18.4 Å². The van der Waals surface area contributed by atoms with E-state index in [1.807, 2.05) is 5.38 Å². The molecular weight excluding hydrogens is 344 g/mol. The molecule has 1 heterocycles. The van der Waals surface area contributed by atoms with Crippen molar-refractivity contribution in [3.05, 3.63) is 57.8 Å². The average Bonchev–Trinajstić information content (AvgIpc) is 3.15. The summed E-state index contributed by atoms with van der Waals surface area (Å²) in [5.41, 5.74) is 3.08. The van der Waals surface area contributed by atoms with Crippen LogP contribution in [-0.4, -0.2) is 18.4 Å². The van der Waals surface area contributed by atoms with Gasteiger partial charge in [0.25, 0.3) is 5.91 Å². The lowest BCUT2D eigenvalue weighted by Crippen LogP contribution is -2.34. The van der Waals surface area contributed by atoms with Crippen molar-refractivity contribution in [2.45, 2.75) is 46.1 Å². The summed E-state index contributed by atoms with van der Waals surface area (Å²) in [6.07, 6.45) is 2.47. The first-order chi connectivity index (χ1) is 12.5. The van der Waals surface area contributed by atoms with Crippen molar-refractivity contribution >= 4 is 23.2 Å². The second kappa shape index (κ2) is 10.1. The summed E-state index contributed by atoms with van der Waals surface area (Å²) >= 11 is 1.48. The summed E-state index contributed by atoms with van der Waals surface area (Å²) in [7, 11) is 0. The Balaban J connectivity index is 1.86. The molecule has 1 atom stereocenters. The summed E-state index contributed by atoms with van der Waals surface area (Å²) in [5, 5.41) is 9.55. The van der Waals surface area contributed by atoms with E-state index in [0.29, 0.717) is 12.1 Å². The lowest BCUT2D eigenvalue weighted by atomic mass is 9.94. The molecule has 5 heteroatoms. The van der Waals surface area contributed by atoms with Crippen LogP contribution < -0.4 is 10.6 Å². The van der Waals surface area contributed by atoms with Crippen LogP contribution in [0.5, 0.6) is 0 Å². The first-order valence-electron chi connectivity index (χ1n) is 9.19. The van der Waals surface area contributed by atoms with Crippen LogP contribution >= 0.6 is 11.3 Å². The Morgan fingerprint density at radius 3 is 2.42 bits per heavy atom. The summed E-state index contributed by atoms with van der Waals surface area (Å²) in [6, 6.07) is 10.2. The standard InChI is InChI=1S/C21H28N2O2S/c1-4-5-16-6-8-17(9-7-16)20(15(2)3)23-19(24)10-12-22-21(25)18-11-13-26-14-18/h6-9,11,13-15,20H,4-5,10,12H2,1-3H3,(H,22,25)(H,23,24). The second-order valence-electron chi connectivity index (χ2n) is 6.80. The van der Waals surface area contributed by atoms with Gasteiger partial charge in [0.1, 0.15) is 0 Å². The number of hydrogen-bond acceptors (Lipinski definition) is 3. The Hall–Kier alpha value is -2.14. The molecule has 0 fully saturated rings. The molecule has 0 bridgehead atoms. The van der Waals surface area contributed by atoms with E-state index in [4.69, 9.17) is 0 Å². The van der Waals surface area contributed by atoms with Crippen molar-refractivity contribution in [3.63, 3.8) is 0 Å². The van der Waals surface area contributed by atoms with Crippen molar-refractivity contribution < 1.29 is 9.59 Å². The third-order valence-electron chi connectivity index (χ3n) is 4.28. The summed E-state index contributed by atoms with van der Waals surface area (Å²) in [6.45, 7) is 6.70. The molecule has 2 rings (SSSR count). The predicted molar refractivity (Wildman–Crippen MR) is 107 cm³/mol. The zero-order valence-electron chi connectivity index (χ0n) is 15.7. The van der Waals surface area contributed by atoms with Gasteiger partial charge >= 0.3 is 0 Å². The Bertz CT molecular complexity index is 693. The molecule has 0 aliphatic heterocycles. The summed E-state index contributed by atoms with van der Waals surface area (Å²) < 4.78 is 0. The van der Waals surface area contributed by atoms with E-state index >= 15 is 0 Å². The van der Waals surface area contributed by atoms with Gasteiger partial charge in [0.05, 0.1) is 6.04 Å². The van der Waals surface area contributed by atoms with Gasteiger partial charge in [-0.3, -0.25) is 9.59 Å². The highest BCUT2D eigenvalue weighted by molar-refractivity contribution is 7.08. The predicted octanol–water partition coefficient (Wildman–Crippen LogP) is 4.33. The Labute approximate surface area is 160 Å². The van der Waals surface area contributed by atoms with E-state index < -0.39 is 0 Å². The number of thiophene rings is 1. The highest BCUT2D eigenvalue weighted by atomic mass is 32.1. The fourth-order valence-corrected chi connectivity index (χ4v) is 3.48. The summed E-state index contributed by atoms with van der Waals surface area (Å²) in [5.74, 6) is 0.106. The third-order valence-corrected chi connectivity index (χ3v) is 4.96. The Morgan fingerprint density at radius 2 is 1.85 bits per heavy atom.